The number of benzene rings is 1. The van der Waals surface area contributed by atoms with E-state index >= 15 is 0 Å². The first kappa shape index (κ1) is 18.5. The molecule has 1 aliphatic heterocycles. The van der Waals surface area contributed by atoms with E-state index in [4.69, 9.17) is 4.43 Å². The first-order chi connectivity index (χ1) is 10.7. The Morgan fingerprint density at radius 1 is 1.30 bits per heavy atom. The Kier molecular flexibility index (Phi) is 5.59. The Hall–Kier alpha value is -0.843. The lowest BCUT2D eigenvalue weighted by atomic mass is 9.88. The molecule has 0 saturated heterocycles. The minimum absolute atomic E-state index is 0.222. The van der Waals surface area contributed by atoms with E-state index in [2.05, 4.69) is 63.9 Å². The van der Waals surface area contributed by atoms with Crippen LogP contribution in [0.25, 0.3) is 0 Å². The Balaban J connectivity index is 2.30. The van der Waals surface area contributed by atoms with Gasteiger partial charge in [0.1, 0.15) is 0 Å². The number of para-hydroxylation sites is 1. The second-order valence-corrected chi connectivity index (χ2v) is 13.0. The van der Waals surface area contributed by atoms with Crippen LogP contribution in [-0.2, 0) is 11.0 Å². The highest BCUT2D eigenvalue weighted by atomic mass is 28.4. The molecule has 0 fully saturated rings. The van der Waals surface area contributed by atoms with Crippen LogP contribution in [0.1, 0.15) is 51.2 Å². The molecule has 1 aromatic carbocycles. The highest BCUT2D eigenvalue weighted by Crippen LogP contribution is 2.40. The summed E-state index contributed by atoms with van der Waals surface area (Å²) < 4.78 is 6.46. The highest BCUT2D eigenvalue weighted by Gasteiger charge is 2.37. The molecule has 1 aromatic rings. The van der Waals surface area contributed by atoms with Crippen molar-refractivity contribution in [3.8, 4) is 0 Å². The van der Waals surface area contributed by atoms with Crippen molar-refractivity contribution in [3.63, 3.8) is 0 Å². The average Bonchev–Trinajstić information content (AvgIpc) is 2.50. The summed E-state index contributed by atoms with van der Waals surface area (Å²) in [6.45, 7) is 16.6. The van der Waals surface area contributed by atoms with Crippen molar-refractivity contribution < 1.29 is 9.53 Å². The van der Waals surface area contributed by atoms with E-state index in [-0.39, 0.29) is 17.6 Å². The molecule has 4 heteroatoms. The molecule has 1 unspecified atom stereocenters. The van der Waals surface area contributed by atoms with E-state index in [1.807, 2.05) is 0 Å². The van der Waals surface area contributed by atoms with Crippen molar-refractivity contribution in [1.29, 1.82) is 0 Å². The van der Waals surface area contributed by atoms with Gasteiger partial charge in [0.2, 0.25) is 0 Å². The molecular formula is C19H33NO2Si. The number of anilines is 1. The third-order valence-electron chi connectivity index (χ3n) is 5.65. The number of hydrogen-bond acceptors (Lipinski definition) is 3. The van der Waals surface area contributed by atoms with Crippen molar-refractivity contribution in [2.45, 2.75) is 64.8 Å². The predicted molar refractivity (Wildman–Crippen MR) is 101 cm³/mol. The molecule has 0 amide bonds. The third kappa shape index (κ3) is 3.81. The lowest BCUT2D eigenvalue weighted by molar-refractivity contribution is 0.255. The number of aliphatic hydroxyl groups excluding tert-OH is 1. The molecule has 0 spiro atoms. The summed E-state index contributed by atoms with van der Waals surface area (Å²) in [6, 6.07) is 6.48. The fourth-order valence-electron chi connectivity index (χ4n) is 3.00. The van der Waals surface area contributed by atoms with Gasteiger partial charge in [-0.05, 0) is 37.0 Å². The van der Waals surface area contributed by atoms with Gasteiger partial charge >= 0.3 is 0 Å². The van der Waals surface area contributed by atoms with Gasteiger partial charge in [0, 0.05) is 30.3 Å². The van der Waals surface area contributed by atoms with Crippen LogP contribution in [0.2, 0.25) is 18.1 Å². The van der Waals surface area contributed by atoms with Gasteiger partial charge in [-0.3, -0.25) is 0 Å². The molecule has 0 saturated carbocycles. The van der Waals surface area contributed by atoms with Gasteiger partial charge in [0.05, 0.1) is 13.2 Å². The Labute approximate surface area is 142 Å². The second kappa shape index (κ2) is 6.95. The first-order valence-corrected chi connectivity index (χ1v) is 11.7. The summed E-state index contributed by atoms with van der Waals surface area (Å²) in [4.78, 5) is 2.44. The van der Waals surface area contributed by atoms with Gasteiger partial charge < -0.3 is 14.4 Å². The molecule has 2 rings (SSSR count). The first-order valence-electron chi connectivity index (χ1n) is 8.82. The van der Waals surface area contributed by atoms with Gasteiger partial charge in [-0.25, -0.2) is 0 Å². The van der Waals surface area contributed by atoms with Crippen LogP contribution in [0.5, 0.6) is 0 Å². The zero-order valence-corrected chi connectivity index (χ0v) is 16.6. The van der Waals surface area contributed by atoms with E-state index in [0.717, 1.165) is 19.5 Å². The van der Waals surface area contributed by atoms with Gasteiger partial charge in [-0.15, -0.1) is 0 Å². The van der Waals surface area contributed by atoms with Gasteiger partial charge in [-0.2, -0.15) is 0 Å². The fraction of sp³-hybridized carbons (Fsp3) is 0.684. The standard InChI is InChI=1S/C19H33NO2Si/c1-7-20-12-11-15(13-21)17-10-8-9-16(18(17)20)14-22-23(5,6)19(2,3)4/h8-10,15,21H,7,11-14H2,1-6H3. The number of aliphatic hydroxyl groups is 1. The lowest BCUT2D eigenvalue weighted by Gasteiger charge is -2.39. The number of fused-ring (bicyclic) bond motifs is 1. The van der Waals surface area contributed by atoms with Crippen molar-refractivity contribution in [2.75, 3.05) is 24.6 Å². The molecule has 1 atom stereocenters. The summed E-state index contributed by atoms with van der Waals surface area (Å²) in [5.74, 6) is 0.264. The van der Waals surface area contributed by atoms with Crippen molar-refractivity contribution in [2.24, 2.45) is 0 Å². The summed E-state index contributed by atoms with van der Waals surface area (Å²) in [7, 11) is -1.76. The van der Waals surface area contributed by atoms with Crippen LogP contribution in [0.4, 0.5) is 5.69 Å². The molecule has 1 heterocycles. The van der Waals surface area contributed by atoms with Gasteiger partial charge in [0.25, 0.3) is 0 Å². The zero-order valence-electron chi connectivity index (χ0n) is 15.6. The molecule has 0 aromatic heterocycles. The monoisotopic (exact) mass is 335 g/mol. The van der Waals surface area contributed by atoms with Gasteiger partial charge in [0.15, 0.2) is 8.32 Å². The largest absolute Gasteiger partial charge is 0.412 e. The van der Waals surface area contributed by atoms with Crippen LogP contribution in [0, 0.1) is 0 Å². The molecular weight excluding hydrogens is 302 g/mol. The fourth-order valence-corrected chi connectivity index (χ4v) is 3.95. The maximum atomic E-state index is 9.71. The van der Waals surface area contributed by atoms with E-state index in [1.165, 1.54) is 16.8 Å². The number of rotatable bonds is 5. The molecule has 23 heavy (non-hydrogen) atoms. The zero-order chi connectivity index (χ0) is 17.3. The SMILES string of the molecule is CCN1CCC(CO)c2cccc(CO[Si](C)(C)C(C)(C)C)c21. The third-order valence-corrected chi connectivity index (χ3v) is 10.1. The highest BCUT2D eigenvalue weighted by molar-refractivity contribution is 6.74. The van der Waals surface area contributed by atoms with Crippen LogP contribution in [0.3, 0.4) is 0 Å². The summed E-state index contributed by atoms with van der Waals surface area (Å²) in [5, 5.41) is 9.93. The molecule has 1 aliphatic rings. The molecule has 3 nitrogen and oxygen atoms in total. The Morgan fingerprint density at radius 2 is 2.00 bits per heavy atom. The van der Waals surface area contributed by atoms with E-state index in [9.17, 15) is 5.11 Å². The molecule has 0 radical (unpaired) electrons. The summed E-state index contributed by atoms with van der Waals surface area (Å²) in [6.07, 6.45) is 1.03. The molecule has 0 bridgehead atoms. The van der Waals surface area contributed by atoms with E-state index < -0.39 is 8.32 Å². The Morgan fingerprint density at radius 3 is 2.57 bits per heavy atom. The van der Waals surface area contributed by atoms with Crippen LogP contribution >= 0.6 is 0 Å². The molecule has 130 valence electrons. The van der Waals surface area contributed by atoms with Crippen molar-refractivity contribution in [3.05, 3.63) is 29.3 Å². The van der Waals surface area contributed by atoms with Gasteiger partial charge in [-0.1, -0.05) is 39.0 Å². The summed E-state index contributed by atoms with van der Waals surface area (Å²) in [5.41, 5.74) is 3.86. The summed E-state index contributed by atoms with van der Waals surface area (Å²) >= 11 is 0. The quantitative estimate of drug-likeness (QED) is 0.803. The van der Waals surface area contributed by atoms with Crippen molar-refractivity contribution in [1.82, 2.24) is 0 Å². The maximum Gasteiger partial charge on any atom is 0.192 e. The predicted octanol–water partition coefficient (Wildman–Crippen LogP) is 4.51. The van der Waals surface area contributed by atoms with E-state index in [0.29, 0.717) is 6.61 Å². The maximum absolute atomic E-state index is 9.71. The minimum Gasteiger partial charge on any atom is -0.412 e. The van der Waals surface area contributed by atoms with E-state index in [1.54, 1.807) is 0 Å². The molecule has 1 N–H and O–H groups in total. The van der Waals surface area contributed by atoms with Crippen LogP contribution in [0.15, 0.2) is 18.2 Å². The second-order valence-electron chi connectivity index (χ2n) is 8.15. The number of nitrogens with zero attached hydrogens (tertiary/aromatic N) is 1. The van der Waals surface area contributed by atoms with Crippen LogP contribution < -0.4 is 4.90 Å². The smallest absolute Gasteiger partial charge is 0.192 e. The average molecular weight is 336 g/mol. The minimum atomic E-state index is -1.76. The number of hydrogen-bond donors (Lipinski definition) is 1. The topological polar surface area (TPSA) is 32.7 Å². The lowest BCUT2D eigenvalue weighted by Crippen LogP contribution is -2.40. The normalized spacial score (nSPS) is 18.9. The van der Waals surface area contributed by atoms with Crippen molar-refractivity contribution >= 4 is 14.0 Å². The molecule has 0 aliphatic carbocycles. The Bertz CT molecular complexity index is 537. The van der Waals surface area contributed by atoms with Crippen LogP contribution in [-0.4, -0.2) is 33.1 Å².